The summed E-state index contributed by atoms with van der Waals surface area (Å²) in [5.74, 6) is 0.108. The number of thioether (sulfide) groups is 1. The fourth-order valence-electron chi connectivity index (χ4n) is 1.03. The van der Waals surface area contributed by atoms with Crippen molar-refractivity contribution in [3.8, 4) is 0 Å². The number of esters is 1. The maximum Gasteiger partial charge on any atom is 0.343 e. The van der Waals surface area contributed by atoms with E-state index in [-0.39, 0.29) is 11.7 Å². The summed E-state index contributed by atoms with van der Waals surface area (Å²) in [5, 5.41) is 9.50. The van der Waals surface area contributed by atoms with E-state index >= 15 is 0 Å². The smallest absolute Gasteiger partial charge is 0.343 e. The Morgan fingerprint density at radius 3 is 2.88 bits per heavy atom. The second-order valence-corrected chi connectivity index (χ2v) is 4.03. The summed E-state index contributed by atoms with van der Waals surface area (Å²) in [7, 11) is 4.62. The Bertz CT molecular complexity index is 414. The summed E-state index contributed by atoms with van der Waals surface area (Å²) in [6.45, 7) is 0. The lowest BCUT2D eigenvalue weighted by Gasteiger charge is -2.12. The van der Waals surface area contributed by atoms with Crippen molar-refractivity contribution < 1.29 is 9.53 Å². The Kier molecular flexibility index (Phi) is 4.56. The predicted octanol–water partition coefficient (Wildman–Crippen LogP) is -1.04. The maximum absolute atomic E-state index is 11.3. The molecule has 0 fully saturated rings. The van der Waals surface area contributed by atoms with Crippen LogP contribution < -0.4 is 11.0 Å². The number of carbonyl (C=O) groups is 1. The van der Waals surface area contributed by atoms with Crippen molar-refractivity contribution in [2.75, 3.05) is 19.9 Å². The summed E-state index contributed by atoms with van der Waals surface area (Å²) in [5.41, 5.74) is -0.276. The molecule has 1 aromatic heterocycles. The van der Waals surface area contributed by atoms with Gasteiger partial charge in [0, 0.05) is 12.8 Å². The Hall–Kier alpha value is -1.28. The molecular formula is C8H14N4O3S. The van der Waals surface area contributed by atoms with Crippen LogP contribution in [-0.4, -0.2) is 46.7 Å². The number of nitrogens with zero attached hydrogens (tertiary/aromatic N) is 2. The summed E-state index contributed by atoms with van der Waals surface area (Å²) in [6.07, 6.45) is 0. The largest absolute Gasteiger partial charge is 0.468 e. The molecule has 0 saturated heterocycles. The van der Waals surface area contributed by atoms with Crippen LogP contribution in [0.4, 0.5) is 0 Å². The Morgan fingerprint density at radius 1 is 1.75 bits per heavy atom. The minimum Gasteiger partial charge on any atom is -0.468 e. The molecule has 7 nitrogen and oxygen atoms in total. The third kappa shape index (κ3) is 2.86. The first-order valence-electron chi connectivity index (χ1n) is 4.59. The summed E-state index contributed by atoms with van der Waals surface area (Å²) >= 11 is 1.30. The molecule has 0 aliphatic carbocycles. The number of aromatic amines is 1. The molecule has 0 spiro atoms. The van der Waals surface area contributed by atoms with Crippen LogP contribution in [0.3, 0.4) is 0 Å². The number of carbonyl (C=O) groups excluding carboxylic acids is 1. The molecule has 1 unspecified atom stereocenters. The van der Waals surface area contributed by atoms with Crippen LogP contribution in [0.5, 0.6) is 0 Å². The Labute approximate surface area is 96.6 Å². The lowest BCUT2D eigenvalue weighted by Crippen LogP contribution is -2.37. The van der Waals surface area contributed by atoms with Crippen molar-refractivity contribution >= 4 is 17.7 Å². The molecule has 16 heavy (non-hydrogen) atoms. The molecule has 1 rings (SSSR count). The first-order chi connectivity index (χ1) is 7.60. The van der Waals surface area contributed by atoms with E-state index in [9.17, 15) is 9.59 Å². The van der Waals surface area contributed by atoms with Gasteiger partial charge in [0.2, 0.25) is 0 Å². The zero-order valence-corrected chi connectivity index (χ0v) is 10.1. The van der Waals surface area contributed by atoms with E-state index in [0.29, 0.717) is 10.9 Å². The minimum absolute atomic E-state index is 0.276. The van der Waals surface area contributed by atoms with Crippen LogP contribution in [-0.2, 0) is 16.6 Å². The predicted molar refractivity (Wildman–Crippen MR) is 59.4 cm³/mol. The van der Waals surface area contributed by atoms with E-state index in [1.54, 1.807) is 14.1 Å². The molecule has 1 heterocycles. The molecule has 8 heteroatoms. The SMILES string of the molecule is CNC(CSc1n[nH]c(=O)n1C)C(=O)OC. The molecule has 2 N–H and O–H groups in total. The highest BCUT2D eigenvalue weighted by Crippen LogP contribution is 2.13. The molecule has 0 saturated carbocycles. The number of likely N-dealkylation sites (N-methyl/N-ethyl adjacent to an activating group) is 1. The molecule has 90 valence electrons. The van der Waals surface area contributed by atoms with Crippen molar-refractivity contribution in [3.05, 3.63) is 10.5 Å². The number of rotatable bonds is 5. The molecule has 0 bridgehead atoms. The normalized spacial score (nSPS) is 12.4. The van der Waals surface area contributed by atoms with Gasteiger partial charge in [0.05, 0.1) is 7.11 Å². The van der Waals surface area contributed by atoms with Crippen LogP contribution in [0, 0.1) is 0 Å². The second-order valence-electron chi connectivity index (χ2n) is 3.05. The van der Waals surface area contributed by atoms with Crippen LogP contribution in [0.1, 0.15) is 0 Å². The molecule has 0 amide bonds. The van der Waals surface area contributed by atoms with Gasteiger partial charge in [-0.3, -0.25) is 9.36 Å². The standard InChI is InChI=1S/C8H14N4O3S/c1-9-5(6(13)15-3)4-16-8-11-10-7(14)12(8)2/h5,9H,4H2,1-3H3,(H,10,14). The van der Waals surface area contributed by atoms with Crippen molar-refractivity contribution in [1.29, 1.82) is 0 Å². The zero-order valence-electron chi connectivity index (χ0n) is 9.31. The van der Waals surface area contributed by atoms with Gasteiger partial charge >= 0.3 is 11.7 Å². The van der Waals surface area contributed by atoms with E-state index in [1.807, 2.05) is 0 Å². The topological polar surface area (TPSA) is 89.0 Å². The van der Waals surface area contributed by atoms with Crippen molar-refractivity contribution in [1.82, 2.24) is 20.1 Å². The fourth-order valence-corrected chi connectivity index (χ4v) is 2.04. The summed E-state index contributed by atoms with van der Waals surface area (Å²) in [4.78, 5) is 22.3. The third-order valence-electron chi connectivity index (χ3n) is 2.05. The summed E-state index contributed by atoms with van der Waals surface area (Å²) < 4.78 is 6.00. The van der Waals surface area contributed by atoms with Crippen LogP contribution in [0.15, 0.2) is 9.95 Å². The average Bonchev–Trinajstić information content (AvgIpc) is 2.61. The molecule has 0 aliphatic rings. The zero-order chi connectivity index (χ0) is 12.1. The second kappa shape index (κ2) is 5.71. The minimum atomic E-state index is -0.415. The van der Waals surface area contributed by atoms with Crippen LogP contribution >= 0.6 is 11.8 Å². The molecular weight excluding hydrogens is 232 g/mol. The van der Waals surface area contributed by atoms with Gasteiger partial charge < -0.3 is 10.1 Å². The van der Waals surface area contributed by atoms with E-state index in [1.165, 1.54) is 23.4 Å². The van der Waals surface area contributed by atoms with Gasteiger partial charge in [-0.25, -0.2) is 9.89 Å². The van der Waals surface area contributed by atoms with E-state index in [2.05, 4.69) is 20.3 Å². The average molecular weight is 246 g/mol. The van der Waals surface area contributed by atoms with Crippen molar-refractivity contribution in [2.45, 2.75) is 11.2 Å². The molecule has 1 aromatic rings. The highest BCUT2D eigenvalue weighted by molar-refractivity contribution is 7.99. The molecule has 0 aliphatic heterocycles. The van der Waals surface area contributed by atoms with E-state index in [0.717, 1.165) is 0 Å². The molecule has 0 aromatic carbocycles. The van der Waals surface area contributed by atoms with Gasteiger partial charge in [0.15, 0.2) is 5.16 Å². The highest BCUT2D eigenvalue weighted by atomic mass is 32.2. The Balaban J connectivity index is 2.59. The van der Waals surface area contributed by atoms with E-state index < -0.39 is 6.04 Å². The number of ether oxygens (including phenoxy) is 1. The lowest BCUT2D eigenvalue weighted by atomic mass is 10.3. The number of methoxy groups -OCH3 is 1. The lowest BCUT2D eigenvalue weighted by molar-refractivity contribution is -0.142. The third-order valence-corrected chi connectivity index (χ3v) is 3.18. The summed E-state index contributed by atoms with van der Waals surface area (Å²) in [6, 6.07) is -0.415. The van der Waals surface area contributed by atoms with Crippen LogP contribution in [0.2, 0.25) is 0 Å². The number of hydrogen-bond acceptors (Lipinski definition) is 6. The monoisotopic (exact) mass is 246 g/mol. The van der Waals surface area contributed by atoms with Gasteiger partial charge in [0.25, 0.3) is 0 Å². The first kappa shape index (κ1) is 12.8. The highest BCUT2D eigenvalue weighted by Gasteiger charge is 2.18. The quantitative estimate of drug-likeness (QED) is 0.509. The van der Waals surface area contributed by atoms with Gasteiger partial charge in [-0.2, -0.15) is 0 Å². The number of aromatic nitrogens is 3. The molecule has 1 atom stereocenters. The number of nitrogens with one attached hydrogen (secondary N) is 2. The Morgan fingerprint density at radius 2 is 2.44 bits per heavy atom. The van der Waals surface area contributed by atoms with E-state index in [4.69, 9.17) is 0 Å². The number of hydrogen-bond donors (Lipinski definition) is 2. The van der Waals surface area contributed by atoms with Gasteiger partial charge in [-0.1, -0.05) is 11.8 Å². The van der Waals surface area contributed by atoms with Crippen LogP contribution in [0.25, 0.3) is 0 Å². The molecule has 0 radical (unpaired) electrons. The number of H-pyrrole nitrogens is 1. The fraction of sp³-hybridized carbons (Fsp3) is 0.625. The van der Waals surface area contributed by atoms with Crippen molar-refractivity contribution in [2.24, 2.45) is 7.05 Å². The van der Waals surface area contributed by atoms with Gasteiger partial charge in [-0.05, 0) is 7.05 Å². The van der Waals surface area contributed by atoms with Gasteiger partial charge in [-0.15, -0.1) is 5.10 Å². The first-order valence-corrected chi connectivity index (χ1v) is 5.58. The van der Waals surface area contributed by atoms with Gasteiger partial charge in [0.1, 0.15) is 6.04 Å². The van der Waals surface area contributed by atoms with Crippen molar-refractivity contribution in [3.63, 3.8) is 0 Å². The maximum atomic E-state index is 11.3.